The van der Waals surface area contributed by atoms with Crippen LogP contribution >= 0.6 is 11.3 Å². The third-order valence-corrected chi connectivity index (χ3v) is 12.1. The van der Waals surface area contributed by atoms with Crippen molar-refractivity contribution in [3.05, 3.63) is 58.3 Å². The van der Waals surface area contributed by atoms with Crippen LogP contribution in [-0.4, -0.2) is 80.2 Å². The Bertz CT molecular complexity index is 2210. The third-order valence-electron chi connectivity index (χ3n) is 11.0. The first kappa shape index (κ1) is 32.2. The molecule has 2 N–H and O–H groups in total. The summed E-state index contributed by atoms with van der Waals surface area (Å²) in [4.78, 5) is 59.3. The molecule has 0 atom stereocenters. The molecule has 1 aliphatic heterocycles. The molecule has 2 bridgehead atoms. The number of nitrogens with one attached hydrogen (secondary N) is 1. The van der Waals surface area contributed by atoms with Gasteiger partial charge >= 0.3 is 0 Å². The van der Waals surface area contributed by atoms with Crippen molar-refractivity contribution in [2.45, 2.75) is 58.5 Å². The smallest absolute Gasteiger partial charge is 0.261 e. The predicted octanol–water partition coefficient (Wildman–Crippen LogP) is 4.60. The van der Waals surface area contributed by atoms with Crippen molar-refractivity contribution in [1.29, 1.82) is 0 Å². The summed E-state index contributed by atoms with van der Waals surface area (Å²) in [6.45, 7) is 7.92. The van der Waals surface area contributed by atoms with E-state index in [0.717, 1.165) is 30.5 Å². The van der Waals surface area contributed by atoms with Crippen LogP contribution in [0.15, 0.2) is 46.1 Å². The van der Waals surface area contributed by atoms with Gasteiger partial charge in [-0.3, -0.25) is 14.4 Å². The second-order valence-electron chi connectivity index (χ2n) is 14.1. The first-order valence-electron chi connectivity index (χ1n) is 17.0. The van der Waals surface area contributed by atoms with E-state index >= 15 is 0 Å². The van der Waals surface area contributed by atoms with E-state index in [1.807, 2.05) is 22.5 Å². The van der Waals surface area contributed by atoms with Crippen LogP contribution in [0.1, 0.15) is 56.1 Å². The number of phenolic OH excluding ortho intramolecular Hbond substituents is 1. The van der Waals surface area contributed by atoms with Gasteiger partial charge in [0, 0.05) is 55.2 Å². The molecule has 4 fully saturated rings. The van der Waals surface area contributed by atoms with E-state index in [-0.39, 0.29) is 46.2 Å². The number of anilines is 1. The Morgan fingerprint density at radius 2 is 1.88 bits per heavy atom. The normalized spacial score (nSPS) is 21.4. The van der Waals surface area contributed by atoms with Crippen LogP contribution in [0.3, 0.4) is 0 Å². The van der Waals surface area contributed by atoms with Gasteiger partial charge in [0.25, 0.3) is 5.91 Å². The van der Waals surface area contributed by atoms with Gasteiger partial charge in [-0.15, -0.1) is 0 Å². The van der Waals surface area contributed by atoms with Crippen LogP contribution in [-0.2, 0) is 17.8 Å². The Morgan fingerprint density at radius 1 is 1.12 bits per heavy atom. The highest BCUT2D eigenvalue weighted by molar-refractivity contribution is 7.21. The molecule has 2 amide bonds. The minimum absolute atomic E-state index is 0.0591. The Hall–Kier alpha value is -4.98. The molecule has 9 rings (SSSR count). The first-order chi connectivity index (χ1) is 24.0. The van der Waals surface area contributed by atoms with Gasteiger partial charge in [-0.1, -0.05) is 32.1 Å². The molecule has 1 aromatic carbocycles. The lowest BCUT2D eigenvalue weighted by Crippen LogP contribution is -2.76. The number of methoxy groups -OCH3 is 1. The summed E-state index contributed by atoms with van der Waals surface area (Å²) in [5.41, 5.74) is 3.11. The average Bonchev–Trinajstić information content (AvgIpc) is 3.75. The van der Waals surface area contributed by atoms with Crippen molar-refractivity contribution >= 4 is 50.3 Å². The fourth-order valence-electron chi connectivity index (χ4n) is 8.27. The van der Waals surface area contributed by atoms with Gasteiger partial charge in [0.05, 0.1) is 7.11 Å². The summed E-state index contributed by atoms with van der Waals surface area (Å²) < 4.78 is 12.8. The summed E-state index contributed by atoms with van der Waals surface area (Å²) in [6, 6.07) is 6.64. The number of thiazole rings is 1. The van der Waals surface area contributed by atoms with Gasteiger partial charge in [-0.2, -0.15) is 0 Å². The van der Waals surface area contributed by atoms with Crippen LogP contribution in [0.4, 0.5) is 5.69 Å². The number of hydrogen-bond acceptors (Lipinski definition) is 11. The van der Waals surface area contributed by atoms with Crippen molar-refractivity contribution in [2.75, 3.05) is 38.2 Å². The standard InChI is InChI=1S/C36H39N7O6S/c1-5-23-29(41-10-12-42(13-11-41)33(47)27-24(44)7-6-22-31(27)49-19-38-22)30(46)28-34(50-32(39-28)21-8-9-37-26(14-21)48-4)43(23)15-25(45)40-36-16-35(17-36,18-36)20(2)3/h6-9,14,19-20,44H,5,10-13,15-18H2,1-4H3,(H,40,45). The monoisotopic (exact) mass is 697 g/mol. The molecule has 1 saturated heterocycles. The number of aromatic hydroxyl groups is 1. The second kappa shape index (κ2) is 11.8. The van der Waals surface area contributed by atoms with Crippen molar-refractivity contribution in [1.82, 2.24) is 29.7 Å². The number of nitrogens with zero attached hydrogens (tertiary/aromatic N) is 6. The summed E-state index contributed by atoms with van der Waals surface area (Å²) >= 11 is 1.37. The van der Waals surface area contributed by atoms with Crippen LogP contribution in [0, 0.1) is 11.3 Å². The lowest BCUT2D eigenvalue weighted by Gasteiger charge is -2.72. The van der Waals surface area contributed by atoms with Crippen LogP contribution in [0.2, 0.25) is 0 Å². The predicted molar refractivity (Wildman–Crippen MR) is 189 cm³/mol. The molecule has 260 valence electrons. The van der Waals surface area contributed by atoms with Gasteiger partial charge in [0.2, 0.25) is 17.2 Å². The second-order valence-corrected chi connectivity index (χ2v) is 15.1. The maximum atomic E-state index is 14.4. The molecule has 5 aromatic rings. The molecule has 4 aliphatic rings. The highest BCUT2D eigenvalue weighted by atomic mass is 32.1. The van der Waals surface area contributed by atoms with E-state index in [4.69, 9.17) is 14.1 Å². The SMILES string of the molecule is CCc1c(N2CCN(C(=O)c3c(O)ccc4ncoc34)CC2)c(=O)c2nc(-c3ccnc(OC)c3)sc2n1CC(=O)NC12CC(C(C)C)(C1)C2. The number of aromatic nitrogens is 4. The molecule has 50 heavy (non-hydrogen) atoms. The number of pyridine rings is 2. The van der Waals surface area contributed by atoms with E-state index in [9.17, 15) is 19.5 Å². The number of amides is 2. The molecule has 3 saturated carbocycles. The van der Waals surface area contributed by atoms with Gasteiger partial charge in [-0.25, -0.2) is 15.0 Å². The number of piperazine rings is 1. The fourth-order valence-corrected chi connectivity index (χ4v) is 9.36. The Morgan fingerprint density at radius 3 is 2.58 bits per heavy atom. The fraction of sp³-hybridized carbons (Fsp3) is 0.444. The molecule has 3 aliphatic carbocycles. The molecule has 0 unspecified atom stereocenters. The average molecular weight is 698 g/mol. The lowest BCUT2D eigenvalue weighted by molar-refractivity contribution is -0.187. The maximum absolute atomic E-state index is 14.4. The number of benzene rings is 1. The van der Waals surface area contributed by atoms with Crippen molar-refractivity contribution in [2.24, 2.45) is 11.3 Å². The number of ether oxygens (including phenoxy) is 1. The Kier molecular flexibility index (Phi) is 7.62. The number of fused-ring (bicyclic) bond motifs is 2. The Labute approximate surface area is 291 Å². The van der Waals surface area contributed by atoms with Crippen molar-refractivity contribution < 1.29 is 23.8 Å². The number of carbonyl (C=O) groups is 2. The molecule has 5 heterocycles. The number of phenols is 1. The summed E-state index contributed by atoms with van der Waals surface area (Å²) in [6.07, 6.45) is 6.42. The topological polar surface area (TPSA) is 156 Å². The molecule has 0 radical (unpaired) electrons. The first-order valence-corrected chi connectivity index (χ1v) is 17.8. The quantitative estimate of drug-likeness (QED) is 0.223. The minimum Gasteiger partial charge on any atom is -0.507 e. The summed E-state index contributed by atoms with van der Waals surface area (Å²) in [5, 5.41) is 14.5. The molecule has 13 nitrogen and oxygen atoms in total. The largest absolute Gasteiger partial charge is 0.507 e. The highest BCUT2D eigenvalue weighted by Gasteiger charge is 2.69. The molecule has 0 spiro atoms. The van der Waals surface area contributed by atoms with E-state index in [1.165, 1.54) is 23.8 Å². The highest BCUT2D eigenvalue weighted by Crippen LogP contribution is 2.70. The number of oxazole rings is 1. The van der Waals surface area contributed by atoms with Crippen LogP contribution in [0.5, 0.6) is 11.6 Å². The van der Waals surface area contributed by atoms with Gasteiger partial charge in [0.15, 0.2) is 12.0 Å². The molecular formula is C36H39N7O6S. The van der Waals surface area contributed by atoms with Gasteiger partial charge in [0.1, 0.15) is 44.4 Å². The minimum atomic E-state index is -0.366. The van der Waals surface area contributed by atoms with Crippen molar-refractivity contribution in [3.8, 4) is 22.2 Å². The van der Waals surface area contributed by atoms with Crippen molar-refractivity contribution in [3.63, 3.8) is 0 Å². The van der Waals surface area contributed by atoms with Crippen LogP contribution < -0.4 is 20.4 Å². The number of rotatable bonds is 9. The van der Waals surface area contributed by atoms with Gasteiger partial charge in [-0.05, 0) is 55.2 Å². The van der Waals surface area contributed by atoms with E-state index in [1.54, 1.807) is 30.3 Å². The number of carbonyl (C=O) groups excluding carboxylic acids is 2. The molecule has 14 heteroatoms. The maximum Gasteiger partial charge on any atom is 0.261 e. The lowest BCUT2D eigenvalue weighted by atomic mass is 9.36. The summed E-state index contributed by atoms with van der Waals surface area (Å²) in [7, 11) is 1.55. The van der Waals surface area contributed by atoms with E-state index < -0.39 is 0 Å². The van der Waals surface area contributed by atoms with E-state index in [2.05, 4.69) is 29.1 Å². The molecule has 4 aromatic heterocycles. The Balaban J connectivity index is 1.13. The number of hydrogen-bond donors (Lipinski definition) is 2. The zero-order chi connectivity index (χ0) is 34.9. The van der Waals surface area contributed by atoms with E-state index in [0.29, 0.717) is 76.4 Å². The third kappa shape index (κ3) is 5.02. The van der Waals surface area contributed by atoms with Crippen LogP contribution in [0.25, 0.3) is 32.0 Å². The zero-order valence-electron chi connectivity index (χ0n) is 28.5. The zero-order valence-corrected chi connectivity index (χ0v) is 29.3. The van der Waals surface area contributed by atoms with Gasteiger partial charge < -0.3 is 33.9 Å². The molecular weight excluding hydrogens is 659 g/mol. The summed E-state index contributed by atoms with van der Waals surface area (Å²) in [5.74, 6) is 0.406.